The molecule has 3 nitrogen and oxygen atoms in total. The lowest BCUT2D eigenvalue weighted by Crippen LogP contribution is -2.36. The molecule has 0 saturated carbocycles. The van der Waals surface area contributed by atoms with Gasteiger partial charge in [0.2, 0.25) is 0 Å². The Balaban J connectivity index is 2.22. The minimum atomic E-state index is 0.0643. The molecule has 0 spiro atoms. The molecule has 2 unspecified atom stereocenters. The normalized spacial score (nSPS) is 25.2. The van der Waals surface area contributed by atoms with Crippen LogP contribution in [0.5, 0.6) is 0 Å². The first kappa shape index (κ1) is 13.8. The number of hydrogen-bond donors (Lipinski definition) is 1. The molecule has 3 atom stereocenters. The highest BCUT2D eigenvalue weighted by Gasteiger charge is 2.28. The van der Waals surface area contributed by atoms with Crippen molar-refractivity contribution >= 4 is 21.6 Å². The number of ether oxygens (including phenoxy) is 1. The van der Waals surface area contributed by atoms with Crippen LogP contribution in [-0.2, 0) is 4.74 Å². The van der Waals surface area contributed by atoms with E-state index in [1.54, 1.807) is 0 Å². The van der Waals surface area contributed by atoms with Crippen molar-refractivity contribution in [2.45, 2.75) is 38.5 Å². The lowest BCUT2D eigenvalue weighted by atomic mass is 10.1. The highest BCUT2D eigenvalue weighted by molar-refractivity contribution is 9.10. The van der Waals surface area contributed by atoms with Crippen LogP contribution in [0.2, 0.25) is 0 Å². The van der Waals surface area contributed by atoms with Gasteiger partial charge in [0, 0.05) is 24.2 Å². The van der Waals surface area contributed by atoms with E-state index in [1.165, 1.54) is 5.69 Å². The first-order valence-corrected chi connectivity index (χ1v) is 7.19. The van der Waals surface area contributed by atoms with Gasteiger partial charge < -0.3 is 15.4 Å². The van der Waals surface area contributed by atoms with Gasteiger partial charge in [0.05, 0.1) is 17.8 Å². The summed E-state index contributed by atoms with van der Waals surface area (Å²) in [4.78, 5) is 2.30. The zero-order valence-electron chi connectivity index (χ0n) is 11.2. The van der Waals surface area contributed by atoms with Gasteiger partial charge in [-0.05, 0) is 53.9 Å². The fourth-order valence-corrected chi connectivity index (χ4v) is 3.18. The van der Waals surface area contributed by atoms with Crippen LogP contribution < -0.4 is 10.6 Å². The minimum absolute atomic E-state index is 0.0643. The summed E-state index contributed by atoms with van der Waals surface area (Å²) in [5.41, 5.74) is 8.24. The van der Waals surface area contributed by atoms with E-state index in [0.717, 1.165) is 23.1 Å². The number of nitrogens with zero attached hydrogens (tertiary/aromatic N) is 1. The number of likely N-dealkylation sites (N-methyl/N-ethyl adjacent to an activating group) is 1. The second-order valence-electron chi connectivity index (χ2n) is 5.04. The average molecular weight is 313 g/mol. The third-order valence-electron chi connectivity index (χ3n) is 3.71. The standard InChI is InChI=1S/C14H21BrN2O/c1-9(16)11-4-5-14(12(15)8-11)17(3)13-6-7-18-10(13)2/h4-5,8-10,13H,6-7,16H2,1-3H3/t9-,10?,13?/m1/s1. The molecule has 4 heteroatoms. The van der Waals surface area contributed by atoms with Gasteiger partial charge in [0.1, 0.15) is 0 Å². The monoisotopic (exact) mass is 312 g/mol. The number of halogens is 1. The van der Waals surface area contributed by atoms with Crippen LogP contribution in [0.4, 0.5) is 5.69 Å². The molecule has 100 valence electrons. The molecule has 1 fully saturated rings. The molecule has 1 aliphatic heterocycles. The lowest BCUT2D eigenvalue weighted by molar-refractivity contribution is 0.118. The molecule has 1 heterocycles. The van der Waals surface area contributed by atoms with Crippen LogP contribution in [-0.4, -0.2) is 25.8 Å². The van der Waals surface area contributed by atoms with Crippen molar-refractivity contribution in [3.8, 4) is 0 Å². The van der Waals surface area contributed by atoms with Crippen molar-refractivity contribution in [2.24, 2.45) is 5.73 Å². The fraction of sp³-hybridized carbons (Fsp3) is 0.571. The van der Waals surface area contributed by atoms with Crippen LogP contribution in [0, 0.1) is 0 Å². The Morgan fingerprint density at radius 1 is 1.50 bits per heavy atom. The van der Waals surface area contributed by atoms with Crippen LogP contribution in [0.15, 0.2) is 22.7 Å². The maximum Gasteiger partial charge on any atom is 0.0750 e. The van der Waals surface area contributed by atoms with E-state index in [4.69, 9.17) is 10.5 Å². The molecule has 2 N–H and O–H groups in total. The topological polar surface area (TPSA) is 38.5 Å². The Kier molecular flexibility index (Phi) is 4.30. The third-order valence-corrected chi connectivity index (χ3v) is 4.35. The molecule has 1 aromatic carbocycles. The molecule has 1 aliphatic rings. The number of nitrogens with two attached hydrogens (primary N) is 1. The summed E-state index contributed by atoms with van der Waals surface area (Å²) in [5.74, 6) is 0. The number of anilines is 1. The lowest BCUT2D eigenvalue weighted by Gasteiger charge is -2.30. The highest BCUT2D eigenvalue weighted by atomic mass is 79.9. The minimum Gasteiger partial charge on any atom is -0.376 e. The van der Waals surface area contributed by atoms with Gasteiger partial charge in [-0.3, -0.25) is 0 Å². The van der Waals surface area contributed by atoms with E-state index in [2.05, 4.69) is 53.0 Å². The summed E-state index contributed by atoms with van der Waals surface area (Å²) in [5, 5.41) is 0. The third kappa shape index (κ3) is 2.71. The van der Waals surface area contributed by atoms with E-state index >= 15 is 0 Å². The summed E-state index contributed by atoms with van der Waals surface area (Å²) in [7, 11) is 2.13. The predicted octanol–water partition coefficient (Wildman–Crippen LogP) is 3.08. The number of benzene rings is 1. The van der Waals surface area contributed by atoms with E-state index in [1.807, 2.05) is 6.92 Å². The molecule has 0 amide bonds. The molecule has 0 radical (unpaired) electrons. The van der Waals surface area contributed by atoms with Crippen LogP contribution in [0.1, 0.15) is 31.9 Å². The van der Waals surface area contributed by atoms with Crippen LogP contribution >= 0.6 is 15.9 Å². The van der Waals surface area contributed by atoms with Crippen molar-refractivity contribution < 1.29 is 4.74 Å². The zero-order valence-corrected chi connectivity index (χ0v) is 12.8. The molecule has 0 aromatic heterocycles. The molecule has 0 aliphatic carbocycles. The maximum absolute atomic E-state index is 5.90. The summed E-state index contributed by atoms with van der Waals surface area (Å²) in [6.45, 7) is 4.99. The second-order valence-corrected chi connectivity index (χ2v) is 5.90. The van der Waals surface area contributed by atoms with Crippen molar-refractivity contribution in [1.82, 2.24) is 0 Å². The Morgan fingerprint density at radius 3 is 2.72 bits per heavy atom. The molecular formula is C14H21BrN2O. The van der Waals surface area contributed by atoms with E-state index in [9.17, 15) is 0 Å². The Labute approximate surface area is 117 Å². The van der Waals surface area contributed by atoms with E-state index in [-0.39, 0.29) is 12.1 Å². The Hall–Kier alpha value is -0.580. The van der Waals surface area contributed by atoms with Crippen LogP contribution in [0.25, 0.3) is 0 Å². The van der Waals surface area contributed by atoms with Gasteiger partial charge in [-0.25, -0.2) is 0 Å². The van der Waals surface area contributed by atoms with Crippen molar-refractivity contribution in [2.75, 3.05) is 18.6 Å². The first-order chi connectivity index (χ1) is 8.50. The van der Waals surface area contributed by atoms with Crippen molar-refractivity contribution in [1.29, 1.82) is 0 Å². The number of rotatable bonds is 3. The predicted molar refractivity (Wildman–Crippen MR) is 79.0 cm³/mol. The molecule has 18 heavy (non-hydrogen) atoms. The van der Waals surface area contributed by atoms with Gasteiger partial charge in [0.25, 0.3) is 0 Å². The summed E-state index contributed by atoms with van der Waals surface area (Å²) < 4.78 is 6.73. The molecule has 2 rings (SSSR count). The van der Waals surface area contributed by atoms with E-state index in [0.29, 0.717) is 6.04 Å². The number of hydrogen-bond acceptors (Lipinski definition) is 3. The van der Waals surface area contributed by atoms with Crippen molar-refractivity contribution in [3.05, 3.63) is 28.2 Å². The van der Waals surface area contributed by atoms with Gasteiger partial charge in [-0.15, -0.1) is 0 Å². The zero-order chi connectivity index (χ0) is 13.3. The Morgan fingerprint density at radius 2 is 2.22 bits per heavy atom. The summed E-state index contributed by atoms with van der Waals surface area (Å²) in [6.07, 6.45) is 1.37. The summed E-state index contributed by atoms with van der Waals surface area (Å²) in [6, 6.07) is 6.85. The second kappa shape index (κ2) is 5.59. The highest BCUT2D eigenvalue weighted by Crippen LogP contribution is 2.32. The molecule has 1 saturated heterocycles. The van der Waals surface area contributed by atoms with Gasteiger partial charge in [-0.1, -0.05) is 6.07 Å². The van der Waals surface area contributed by atoms with Gasteiger partial charge in [-0.2, -0.15) is 0 Å². The molecule has 0 bridgehead atoms. The fourth-order valence-electron chi connectivity index (χ4n) is 2.50. The molecular weight excluding hydrogens is 292 g/mol. The smallest absolute Gasteiger partial charge is 0.0750 e. The maximum atomic E-state index is 5.90. The average Bonchev–Trinajstić information content (AvgIpc) is 2.74. The SMILES string of the molecule is CC1OCCC1N(C)c1ccc([C@@H](C)N)cc1Br. The van der Waals surface area contributed by atoms with Crippen LogP contribution in [0.3, 0.4) is 0 Å². The largest absolute Gasteiger partial charge is 0.376 e. The van der Waals surface area contributed by atoms with E-state index < -0.39 is 0 Å². The quantitative estimate of drug-likeness (QED) is 0.932. The molecule has 1 aromatic rings. The Bertz CT molecular complexity index is 422. The van der Waals surface area contributed by atoms with Gasteiger partial charge >= 0.3 is 0 Å². The first-order valence-electron chi connectivity index (χ1n) is 6.40. The summed E-state index contributed by atoms with van der Waals surface area (Å²) >= 11 is 3.65. The van der Waals surface area contributed by atoms with Crippen molar-refractivity contribution in [3.63, 3.8) is 0 Å². The van der Waals surface area contributed by atoms with Gasteiger partial charge in [0.15, 0.2) is 0 Å².